The summed E-state index contributed by atoms with van der Waals surface area (Å²) >= 11 is 0. The Labute approximate surface area is 112 Å². The maximum absolute atomic E-state index is 11.4. The Kier molecular flexibility index (Phi) is 3.46. The summed E-state index contributed by atoms with van der Waals surface area (Å²) in [6.07, 6.45) is 5.93. The molecule has 0 spiro atoms. The normalized spacial score (nSPS) is 14.7. The zero-order valence-electron chi connectivity index (χ0n) is 10.8. The van der Waals surface area contributed by atoms with Crippen LogP contribution in [-0.4, -0.2) is 28.6 Å². The lowest BCUT2D eigenvalue weighted by atomic mass is 10.2. The Bertz CT molecular complexity index is 574. The molecule has 1 amide bonds. The lowest BCUT2D eigenvalue weighted by molar-refractivity contribution is -0.122. The van der Waals surface area contributed by atoms with Crippen molar-refractivity contribution in [1.82, 2.24) is 20.2 Å². The first kappa shape index (κ1) is 12.2. The topological polar surface area (TPSA) is 58.4 Å². The summed E-state index contributed by atoms with van der Waals surface area (Å²) in [4.78, 5) is 11.4. The summed E-state index contributed by atoms with van der Waals surface area (Å²) in [7, 11) is 0. The number of aromatic nitrogens is 2. The van der Waals surface area contributed by atoms with Crippen LogP contribution in [-0.2, 0) is 11.3 Å². The van der Waals surface area contributed by atoms with Crippen molar-refractivity contribution in [3.63, 3.8) is 0 Å². The van der Waals surface area contributed by atoms with Gasteiger partial charge in [-0.15, -0.1) is 0 Å². The Morgan fingerprint density at radius 1 is 1.37 bits per heavy atom. The van der Waals surface area contributed by atoms with Crippen molar-refractivity contribution in [2.45, 2.75) is 19.4 Å². The third-order valence-corrected chi connectivity index (χ3v) is 3.37. The van der Waals surface area contributed by atoms with Crippen molar-refractivity contribution in [2.24, 2.45) is 5.92 Å². The average molecular weight is 258 g/mol. The molecule has 19 heavy (non-hydrogen) atoms. The molecule has 0 saturated heterocycles. The predicted octanol–water partition coefficient (Wildman–Crippen LogP) is 0.950. The fourth-order valence-corrected chi connectivity index (χ4v) is 2.11. The first-order chi connectivity index (χ1) is 9.34. The molecule has 2 N–H and O–H groups in total. The number of hydrogen-bond acceptors (Lipinski definition) is 3. The van der Waals surface area contributed by atoms with Crippen molar-refractivity contribution in [2.75, 3.05) is 13.1 Å². The zero-order valence-corrected chi connectivity index (χ0v) is 10.8. The number of fused-ring (bicyclic) bond motifs is 1. The predicted molar refractivity (Wildman–Crippen MR) is 72.6 cm³/mol. The van der Waals surface area contributed by atoms with Crippen LogP contribution in [0.25, 0.3) is 5.52 Å². The number of nitrogens with zero attached hydrogens (tertiary/aromatic N) is 2. The van der Waals surface area contributed by atoms with Gasteiger partial charge in [0.1, 0.15) is 0 Å². The van der Waals surface area contributed by atoms with Gasteiger partial charge in [0, 0.05) is 37.3 Å². The largest absolute Gasteiger partial charge is 0.355 e. The summed E-state index contributed by atoms with van der Waals surface area (Å²) in [6, 6.07) is 6.03. The molecule has 0 radical (unpaired) electrons. The van der Waals surface area contributed by atoms with Gasteiger partial charge in [-0.2, -0.15) is 5.10 Å². The SMILES string of the molecule is O=C(NCCNCc1cnn2ccccc12)C1CC1. The van der Waals surface area contributed by atoms with Crippen LogP contribution in [0, 0.1) is 5.92 Å². The highest BCUT2D eigenvalue weighted by Crippen LogP contribution is 2.28. The van der Waals surface area contributed by atoms with Crippen LogP contribution in [0.4, 0.5) is 0 Å². The molecule has 5 nitrogen and oxygen atoms in total. The van der Waals surface area contributed by atoms with E-state index in [0.717, 1.165) is 31.4 Å². The zero-order chi connectivity index (χ0) is 13.1. The van der Waals surface area contributed by atoms with Crippen molar-refractivity contribution in [3.8, 4) is 0 Å². The van der Waals surface area contributed by atoms with E-state index in [2.05, 4.69) is 21.8 Å². The molecule has 1 aliphatic rings. The van der Waals surface area contributed by atoms with E-state index < -0.39 is 0 Å². The number of carbonyl (C=O) groups is 1. The minimum Gasteiger partial charge on any atom is -0.355 e. The lowest BCUT2D eigenvalue weighted by Gasteiger charge is -2.05. The fourth-order valence-electron chi connectivity index (χ4n) is 2.11. The maximum Gasteiger partial charge on any atom is 0.223 e. The first-order valence-corrected chi connectivity index (χ1v) is 6.74. The van der Waals surface area contributed by atoms with Crippen LogP contribution in [0.3, 0.4) is 0 Å². The van der Waals surface area contributed by atoms with Gasteiger partial charge in [0.25, 0.3) is 0 Å². The van der Waals surface area contributed by atoms with Crippen LogP contribution in [0.5, 0.6) is 0 Å². The van der Waals surface area contributed by atoms with Crippen molar-refractivity contribution < 1.29 is 4.79 Å². The molecular formula is C14H18N4O. The first-order valence-electron chi connectivity index (χ1n) is 6.74. The Morgan fingerprint density at radius 2 is 2.26 bits per heavy atom. The third kappa shape index (κ3) is 2.93. The van der Waals surface area contributed by atoms with Crippen LogP contribution in [0.15, 0.2) is 30.6 Å². The number of rotatable bonds is 6. The van der Waals surface area contributed by atoms with E-state index in [-0.39, 0.29) is 5.91 Å². The van der Waals surface area contributed by atoms with E-state index in [1.165, 1.54) is 5.56 Å². The van der Waals surface area contributed by atoms with Gasteiger partial charge in [-0.3, -0.25) is 4.79 Å². The standard InChI is InChI=1S/C14H18N4O/c19-14(11-4-5-11)16-7-6-15-9-12-10-17-18-8-2-1-3-13(12)18/h1-3,8,10-11,15H,4-7,9H2,(H,16,19). The summed E-state index contributed by atoms with van der Waals surface area (Å²) in [5.74, 6) is 0.498. The van der Waals surface area contributed by atoms with Crippen molar-refractivity contribution in [1.29, 1.82) is 0 Å². The fraction of sp³-hybridized carbons (Fsp3) is 0.429. The van der Waals surface area contributed by atoms with Gasteiger partial charge in [0.05, 0.1) is 11.7 Å². The maximum atomic E-state index is 11.4. The molecule has 1 aliphatic carbocycles. The molecule has 1 saturated carbocycles. The van der Waals surface area contributed by atoms with Crippen LogP contribution < -0.4 is 10.6 Å². The third-order valence-electron chi connectivity index (χ3n) is 3.37. The lowest BCUT2D eigenvalue weighted by Crippen LogP contribution is -2.32. The van der Waals surface area contributed by atoms with Gasteiger partial charge in [-0.25, -0.2) is 4.52 Å². The van der Waals surface area contributed by atoms with Crippen molar-refractivity contribution >= 4 is 11.4 Å². The van der Waals surface area contributed by atoms with Gasteiger partial charge >= 0.3 is 0 Å². The molecule has 3 rings (SSSR count). The number of nitrogens with one attached hydrogen (secondary N) is 2. The van der Waals surface area contributed by atoms with Gasteiger partial charge in [-0.1, -0.05) is 6.07 Å². The second-order valence-electron chi connectivity index (χ2n) is 4.94. The molecular weight excluding hydrogens is 240 g/mol. The molecule has 0 aromatic carbocycles. The van der Waals surface area contributed by atoms with Crippen LogP contribution in [0.1, 0.15) is 18.4 Å². The van der Waals surface area contributed by atoms with E-state index in [4.69, 9.17) is 0 Å². The average Bonchev–Trinajstić information content (AvgIpc) is 3.21. The van der Waals surface area contributed by atoms with E-state index in [1.54, 1.807) is 0 Å². The summed E-state index contributed by atoms with van der Waals surface area (Å²) in [6.45, 7) is 2.24. The van der Waals surface area contributed by atoms with Crippen molar-refractivity contribution in [3.05, 3.63) is 36.2 Å². The smallest absolute Gasteiger partial charge is 0.223 e. The minimum atomic E-state index is 0.206. The highest BCUT2D eigenvalue weighted by molar-refractivity contribution is 5.80. The van der Waals surface area contributed by atoms with Gasteiger partial charge in [0.15, 0.2) is 0 Å². The minimum absolute atomic E-state index is 0.206. The molecule has 0 atom stereocenters. The van der Waals surface area contributed by atoms with E-state index in [1.807, 2.05) is 29.0 Å². The number of amides is 1. The molecule has 0 bridgehead atoms. The van der Waals surface area contributed by atoms with Crippen LogP contribution in [0.2, 0.25) is 0 Å². The van der Waals surface area contributed by atoms with E-state index >= 15 is 0 Å². The van der Waals surface area contributed by atoms with Gasteiger partial charge in [0.2, 0.25) is 5.91 Å². The Balaban J connectivity index is 1.43. The van der Waals surface area contributed by atoms with Gasteiger partial charge < -0.3 is 10.6 Å². The van der Waals surface area contributed by atoms with Crippen LogP contribution >= 0.6 is 0 Å². The number of pyridine rings is 1. The highest BCUT2D eigenvalue weighted by Gasteiger charge is 2.28. The Morgan fingerprint density at radius 3 is 3.11 bits per heavy atom. The summed E-state index contributed by atoms with van der Waals surface area (Å²) < 4.78 is 1.87. The molecule has 2 heterocycles. The van der Waals surface area contributed by atoms with E-state index in [9.17, 15) is 4.79 Å². The van der Waals surface area contributed by atoms with Gasteiger partial charge in [-0.05, 0) is 25.0 Å². The molecule has 5 heteroatoms. The highest BCUT2D eigenvalue weighted by atomic mass is 16.2. The molecule has 2 aromatic heterocycles. The summed E-state index contributed by atoms with van der Waals surface area (Å²) in [5, 5.41) is 10.6. The molecule has 1 fully saturated rings. The molecule has 100 valence electrons. The second kappa shape index (κ2) is 5.40. The molecule has 0 unspecified atom stereocenters. The number of hydrogen-bond donors (Lipinski definition) is 2. The molecule has 2 aromatic rings. The molecule has 0 aliphatic heterocycles. The number of carbonyl (C=O) groups excluding carboxylic acids is 1. The second-order valence-corrected chi connectivity index (χ2v) is 4.94. The monoisotopic (exact) mass is 258 g/mol. The summed E-state index contributed by atoms with van der Waals surface area (Å²) in [5.41, 5.74) is 2.30. The Hall–Kier alpha value is -1.88. The van der Waals surface area contributed by atoms with E-state index in [0.29, 0.717) is 12.5 Å². The quantitative estimate of drug-likeness (QED) is 0.758.